The molecule has 1 aromatic carbocycles. The van der Waals surface area contributed by atoms with Crippen LogP contribution in [-0.4, -0.2) is 30.1 Å². The van der Waals surface area contributed by atoms with Crippen LogP contribution in [0.3, 0.4) is 0 Å². The van der Waals surface area contributed by atoms with Crippen LogP contribution in [0.5, 0.6) is 0 Å². The fourth-order valence-electron chi connectivity index (χ4n) is 1.80. The third kappa shape index (κ3) is 2.07. The number of non-ortho nitro benzene ring substituents is 1. The van der Waals surface area contributed by atoms with E-state index in [1.54, 1.807) is 30.1 Å². The van der Waals surface area contributed by atoms with Crippen LogP contribution in [0, 0.1) is 10.1 Å². The molecule has 0 unspecified atom stereocenters. The molecule has 0 saturated heterocycles. The first kappa shape index (κ1) is 12.5. The fourth-order valence-corrected chi connectivity index (χ4v) is 2.67. The van der Waals surface area contributed by atoms with Crippen LogP contribution < -0.4 is 0 Å². The van der Waals surface area contributed by atoms with Gasteiger partial charge in [-0.3, -0.25) is 15.1 Å². The Bertz CT molecular complexity index is 802. The Morgan fingerprint density at radius 2 is 2.15 bits per heavy atom. The van der Waals surface area contributed by atoms with E-state index in [1.807, 2.05) is 0 Å². The van der Waals surface area contributed by atoms with Gasteiger partial charge in [-0.15, -0.1) is 5.10 Å². The molecule has 0 aliphatic rings. The summed E-state index contributed by atoms with van der Waals surface area (Å²) in [5, 5.41) is 24.1. The lowest BCUT2D eigenvalue weighted by atomic mass is 10.1. The molecule has 3 rings (SSSR count). The van der Waals surface area contributed by atoms with E-state index < -0.39 is 4.92 Å². The molecule has 0 saturated carbocycles. The van der Waals surface area contributed by atoms with E-state index in [-0.39, 0.29) is 5.69 Å². The monoisotopic (exact) mass is 288 g/mol. The molecule has 2 heterocycles. The van der Waals surface area contributed by atoms with Crippen molar-refractivity contribution in [2.45, 2.75) is 10.1 Å². The lowest BCUT2D eigenvalue weighted by Gasteiger charge is -2.05. The van der Waals surface area contributed by atoms with Gasteiger partial charge >= 0.3 is 0 Å². The lowest BCUT2D eigenvalue weighted by Crippen LogP contribution is -1.94. The summed E-state index contributed by atoms with van der Waals surface area (Å²) in [4.78, 5) is 15.4. The van der Waals surface area contributed by atoms with Crippen molar-refractivity contribution >= 4 is 28.2 Å². The van der Waals surface area contributed by atoms with Crippen molar-refractivity contribution in [3.05, 3.63) is 40.7 Å². The van der Waals surface area contributed by atoms with E-state index >= 15 is 0 Å². The number of nitro benzene ring substituents is 1. The first-order valence-electron chi connectivity index (χ1n) is 5.58. The predicted octanol–water partition coefficient (Wildman–Crippen LogP) is 1.82. The van der Waals surface area contributed by atoms with Crippen LogP contribution in [0.15, 0.2) is 40.6 Å². The molecule has 0 aliphatic carbocycles. The second kappa shape index (κ2) is 4.85. The molecule has 0 atom stereocenters. The average Bonchev–Trinajstić information content (AvgIpc) is 2.84. The van der Waals surface area contributed by atoms with Gasteiger partial charge in [-0.2, -0.15) is 0 Å². The van der Waals surface area contributed by atoms with Gasteiger partial charge in [-0.1, -0.05) is 0 Å². The van der Waals surface area contributed by atoms with Gasteiger partial charge in [-0.25, -0.2) is 4.68 Å². The zero-order chi connectivity index (χ0) is 14.1. The van der Waals surface area contributed by atoms with Gasteiger partial charge in [0.05, 0.1) is 10.3 Å². The third-order valence-corrected chi connectivity index (χ3v) is 3.84. The van der Waals surface area contributed by atoms with E-state index in [0.717, 1.165) is 10.3 Å². The molecule has 8 nitrogen and oxygen atoms in total. The highest BCUT2D eigenvalue weighted by molar-refractivity contribution is 7.99. The van der Waals surface area contributed by atoms with Gasteiger partial charge < -0.3 is 0 Å². The normalized spacial score (nSPS) is 10.8. The van der Waals surface area contributed by atoms with Crippen molar-refractivity contribution in [1.29, 1.82) is 0 Å². The Morgan fingerprint density at radius 1 is 1.30 bits per heavy atom. The van der Waals surface area contributed by atoms with Crippen molar-refractivity contribution < 1.29 is 4.92 Å². The summed E-state index contributed by atoms with van der Waals surface area (Å²) in [7, 11) is 1.73. The number of nitro groups is 1. The highest BCUT2D eigenvalue weighted by Gasteiger charge is 2.16. The van der Waals surface area contributed by atoms with E-state index in [9.17, 15) is 10.1 Å². The van der Waals surface area contributed by atoms with Gasteiger partial charge in [-0.05, 0) is 34.3 Å². The smallest absolute Gasteiger partial charge is 0.264 e. The van der Waals surface area contributed by atoms with Crippen molar-refractivity contribution in [2.24, 2.45) is 7.05 Å². The number of nitrogens with zero attached hydrogens (tertiary/aromatic N) is 6. The molecule has 0 aliphatic heterocycles. The first-order valence-corrected chi connectivity index (χ1v) is 6.40. The maximum atomic E-state index is 11.0. The van der Waals surface area contributed by atoms with Gasteiger partial charge in [0, 0.05) is 35.8 Å². The highest BCUT2D eigenvalue weighted by atomic mass is 32.2. The van der Waals surface area contributed by atoms with E-state index in [2.05, 4.69) is 20.5 Å². The zero-order valence-electron chi connectivity index (χ0n) is 10.3. The number of hydrogen-bond donors (Lipinski definition) is 0. The molecular weight excluding hydrogens is 280 g/mol. The molecule has 2 aromatic heterocycles. The Kier molecular flexibility index (Phi) is 3.03. The summed E-state index contributed by atoms with van der Waals surface area (Å²) in [5.74, 6) is 0. The van der Waals surface area contributed by atoms with E-state index in [0.29, 0.717) is 10.5 Å². The maximum Gasteiger partial charge on any atom is 0.278 e. The molecule has 100 valence electrons. The molecule has 9 heteroatoms. The minimum Gasteiger partial charge on any atom is -0.264 e. The quantitative estimate of drug-likeness (QED) is 0.535. The second-order valence-corrected chi connectivity index (χ2v) is 4.96. The number of fused-ring (bicyclic) bond motifs is 1. The van der Waals surface area contributed by atoms with Gasteiger partial charge in [0.15, 0.2) is 0 Å². The van der Waals surface area contributed by atoms with Gasteiger partial charge in [0.2, 0.25) is 5.16 Å². The molecule has 0 spiro atoms. The summed E-state index contributed by atoms with van der Waals surface area (Å²) in [6.45, 7) is 0. The molecular formula is C11H8N6O2S. The van der Waals surface area contributed by atoms with Crippen LogP contribution in [0.2, 0.25) is 0 Å². The Hall–Kier alpha value is -2.55. The number of pyridine rings is 1. The number of aromatic nitrogens is 5. The zero-order valence-corrected chi connectivity index (χ0v) is 11.1. The largest absolute Gasteiger partial charge is 0.278 e. The fraction of sp³-hybridized carbons (Fsp3) is 0.0909. The van der Waals surface area contributed by atoms with Crippen molar-refractivity contribution in [2.75, 3.05) is 0 Å². The maximum absolute atomic E-state index is 11.0. The summed E-state index contributed by atoms with van der Waals surface area (Å²) < 4.78 is 1.54. The molecule has 0 fully saturated rings. The van der Waals surface area contributed by atoms with Crippen LogP contribution >= 0.6 is 11.8 Å². The summed E-state index contributed by atoms with van der Waals surface area (Å²) >= 11 is 1.35. The first-order chi connectivity index (χ1) is 9.66. The summed E-state index contributed by atoms with van der Waals surface area (Å²) in [6, 6.07) is 4.91. The van der Waals surface area contributed by atoms with Crippen LogP contribution in [0.1, 0.15) is 0 Å². The van der Waals surface area contributed by atoms with Crippen LogP contribution in [0.25, 0.3) is 10.8 Å². The van der Waals surface area contributed by atoms with Crippen LogP contribution in [-0.2, 0) is 7.05 Å². The van der Waals surface area contributed by atoms with Gasteiger partial charge in [0.25, 0.3) is 5.69 Å². The lowest BCUT2D eigenvalue weighted by molar-refractivity contribution is -0.383. The Labute approximate surface area is 117 Å². The van der Waals surface area contributed by atoms with Crippen molar-refractivity contribution in [1.82, 2.24) is 25.2 Å². The van der Waals surface area contributed by atoms with Crippen molar-refractivity contribution in [3.8, 4) is 0 Å². The SMILES string of the molecule is Cn1nnnc1Sc1ccc([N+](=O)[O-])c2cnccc12. The second-order valence-electron chi connectivity index (χ2n) is 3.95. The number of aryl methyl sites for hydroxylation is 1. The molecule has 0 amide bonds. The Balaban J connectivity index is 2.15. The number of rotatable bonds is 3. The number of benzene rings is 1. The third-order valence-electron chi connectivity index (χ3n) is 2.73. The molecule has 0 N–H and O–H groups in total. The summed E-state index contributed by atoms with van der Waals surface area (Å²) in [5.41, 5.74) is 0.0357. The van der Waals surface area contributed by atoms with Gasteiger partial charge in [0.1, 0.15) is 0 Å². The molecule has 0 bridgehead atoms. The number of tetrazole rings is 1. The van der Waals surface area contributed by atoms with E-state index in [1.165, 1.54) is 24.0 Å². The molecule has 3 aromatic rings. The van der Waals surface area contributed by atoms with E-state index in [4.69, 9.17) is 0 Å². The van der Waals surface area contributed by atoms with Crippen molar-refractivity contribution in [3.63, 3.8) is 0 Å². The minimum atomic E-state index is -0.414. The Morgan fingerprint density at radius 3 is 2.85 bits per heavy atom. The topological polar surface area (TPSA) is 99.6 Å². The predicted molar refractivity (Wildman–Crippen MR) is 71.3 cm³/mol. The molecule has 0 radical (unpaired) electrons. The number of hydrogen-bond acceptors (Lipinski definition) is 7. The standard InChI is InChI=1S/C11H8N6O2S/c1-16-11(13-14-15-16)20-10-3-2-9(17(18)19)8-6-12-5-4-7(8)10/h2-6H,1H3. The minimum absolute atomic E-state index is 0.0357. The molecule has 20 heavy (non-hydrogen) atoms. The van der Waals surface area contributed by atoms with Crippen LogP contribution in [0.4, 0.5) is 5.69 Å². The highest BCUT2D eigenvalue weighted by Crippen LogP contribution is 2.35. The summed E-state index contributed by atoms with van der Waals surface area (Å²) in [6.07, 6.45) is 3.09. The average molecular weight is 288 g/mol.